The monoisotopic (exact) mass is 416 g/mol. The Morgan fingerprint density at radius 1 is 1.10 bits per heavy atom. The Hall–Kier alpha value is -2.41. The summed E-state index contributed by atoms with van der Waals surface area (Å²) in [6.07, 6.45) is 4.02. The smallest absolute Gasteiger partial charge is 0.270 e. The zero-order chi connectivity index (χ0) is 21.2. The number of aromatic nitrogens is 1. The second kappa shape index (κ2) is 8.53. The van der Waals surface area contributed by atoms with Crippen LogP contribution in [0.25, 0.3) is 0 Å². The zero-order valence-corrected chi connectivity index (χ0v) is 18.0. The molecule has 0 bridgehead atoms. The van der Waals surface area contributed by atoms with E-state index in [9.17, 15) is 18.0 Å². The maximum absolute atomic E-state index is 13.1. The molecule has 0 atom stereocenters. The van der Waals surface area contributed by atoms with Crippen molar-refractivity contribution in [1.29, 1.82) is 0 Å². The van der Waals surface area contributed by atoms with Gasteiger partial charge in [-0.1, -0.05) is 25.1 Å². The molecule has 6 nitrogen and oxygen atoms in total. The number of sulfone groups is 1. The van der Waals surface area contributed by atoms with E-state index in [2.05, 4.69) is 12.2 Å². The number of carbonyl (C=O) groups is 1. The lowest BCUT2D eigenvalue weighted by molar-refractivity contribution is -0.122. The second-order valence-corrected chi connectivity index (χ2v) is 9.92. The van der Waals surface area contributed by atoms with Crippen LogP contribution in [-0.2, 0) is 21.2 Å². The first-order valence-corrected chi connectivity index (χ1v) is 11.5. The van der Waals surface area contributed by atoms with Crippen LogP contribution in [0.1, 0.15) is 43.9 Å². The van der Waals surface area contributed by atoms with Crippen molar-refractivity contribution >= 4 is 15.7 Å². The zero-order valence-electron chi connectivity index (χ0n) is 17.1. The maximum Gasteiger partial charge on any atom is 0.270 e. The minimum atomic E-state index is -3.97. The van der Waals surface area contributed by atoms with Crippen LogP contribution in [-0.4, -0.2) is 24.9 Å². The van der Waals surface area contributed by atoms with Gasteiger partial charge in [-0.15, -0.1) is 0 Å². The molecular formula is C22H28N2O4S. The first-order valence-electron chi connectivity index (χ1n) is 10.0. The molecule has 1 amide bonds. The molecule has 1 aromatic heterocycles. The minimum absolute atomic E-state index is 0.0661. The fourth-order valence-corrected chi connectivity index (χ4v) is 5.54. The van der Waals surface area contributed by atoms with Gasteiger partial charge in [-0.25, -0.2) is 8.42 Å². The largest absolute Gasteiger partial charge is 0.352 e. The fraction of sp³-hybridized carbons (Fsp3) is 0.455. The lowest BCUT2D eigenvalue weighted by atomic mass is 9.87. The summed E-state index contributed by atoms with van der Waals surface area (Å²) in [5.41, 5.74) is 0.292. The standard InChI is InChI=1S/C22H28N2O4S/c1-15-9-11-18(12-10-15)23-20(25)14-24-17(3)13-16(2)21(22(24)26)29(27,28)19-7-5-4-6-8-19/h4-8,13,15,18H,9-12,14H2,1-3H3,(H,23,25). The minimum Gasteiger partial charge on any atom is -0.352 e. The summed E-state index contributed by atoms with van der Waals surface area (Å²) < 4.78 is 27.4. The predicted octanol–water partition coefficient (Wildman–Crippen LogP) is 2.99. The molecule has 0 aliphatic heterocycles. The summed E-state index contributed by atoms with van der Waals surface area (Å²) in [5.74, 6) is 0.414. The van der Waals surface area contributed by atoms with Crippen molar-refractivity contribution in [3.05, 3.63) is 58.0 Å². The number of amides is 1. The van der Waals surface area contributed by atoms with E-state index < -0.39 is 15.4 Å². The number of hydrogen-bond acceptors (Lipinski definition) is 4. The van der Waals surface area contributed by atoms with Gasteiger partial charge in [0.2, 0.25) is 15.7 Å². The third-order valence-corrected chi connectivity index (χ3v) is 7.58. The Bertz CT molecular complexity index is 1050. The molecule has 1 fully saturated rings. The number of rotatable bonds is 5. The van der Waals surface area contributed by atoms with Gasteiger partial charge in [-0.2, -0.15) is 0 Å². The summed E-state index contributed by atoms with van der Waals surface area (Å²) in [5, 5.41) is 3.00. The van der Waals surface area contributed by atoms with Crippen LogP contribution in [0.2, 0.25) is 0 Å². The molecule has 2 aromatic rings. The fourth-order valence-electron chi connectivity index (χ4n) is 3.97. The first-order chi connectivity index (χ1) is 13.7. The van der Waals surface area contributed by atoms with Gasteiger partial charge in [0.25, 0.3) is 5.56 Å². The number of carbonyl (C=O) groups excluding carboxylic acids is 1. The highest BCUT2D eigenvalue weighted by Crippen LogP contribution is 2.24. The average molecular weight is 417 g/mol. The number of benzene rings is 1. The molecular weight excluding hydrogens is 388 g/mol. The Kier molecular flexibility index (Phi) is 6.27. The summed E-state index contributed by atoms with van der Waals surface area (Å²) in [6.45, 7) is 5.34. The van der Waals surface area contributed by atoms with E-state index in [1.807, 2.05) is 0 Å². The number of aryl methyl sites for hydroxylation is 2. The Morgan fingerprint density at radius 2 is 1.72 bits per heavy atom. The third-order valence-electron chi connectivity index (χ3n) is 5.65. The van der Waals surface area contributed by atoms with Gasteiger partial charge >= 0.3 is 0 Å². The van der Waals surface area contributed by atoms with Crippen molar-refractivity contribution in [2.75, 3.05) is 0 Å². The maximum atomic E-state index is 13.1. The molecule has 1 aliphatic rings. The Labute approximate surface area is 171 Å². The number of pyridine rings is 1. The molecule has 0 radical (unpaired) electrons. The van der Waals surface area contributed by atoms with Gasteiger partial charge in [0.1, 0.15) is 11.4 Å². The van der Waals surface area contributed by atoms with Crippen LogP contribution in [0.4, 0.5) is 0 Å². The van der Waals surface area contributed by atoms with Crippen molar-refractivity contribution in [3.8, 4) is 0 Å². The van der Waals surface area contributed by atoms with Crippen molar-refractivity contribution in [2.45, 2.75) is 68.8 Å². The van der Waals surface area contributed by atoms with Crippen LogP contribution in [0.3, 0.4) is 0 Å². The third kappa shape index (κ3) is 4.61. The van der Waals surface area contributed by atoms with E-state index in [0.29, 0.717) is 17.2 Å². The SMILES string of the molecule is Cc1cc(C)n(CC(=O)NC2CCC(C)CC2)c(=O)c1S(=O)(=O)c1ccccc1. The molecule has 1 saturated carbocycles. The van der Waals surface area contributed by atoms with Crippen LogP contribution in [0.15, 0.2) is 51.0 Å². The van der Waals surface area contributed by atoms with E-state index in [1.165, 1.54) is 16.7 Å². The van der Waals surface area contributed by atoms with E-state index in [0.717, 1.165) is 25.7 Å². The van der Waals surface area contributed by atoms with Crippen LogP contribution >= 0.6 is 0 Å². The second-order valence-electron chi connectivity index (χ2n) is 8.03. The van der Waals surface area contributed by atoms with Gasteiger partial charge in [0, 0.05) is 11.7 Å². The highest BCUT2D eigenvalue weighted by Gasteiger charge is 2.26. The number of nitrogens with one attached hydrogen (secondary N) is 1. The summed E-state index contributed by atoms with van der Waals surface area (Å²) in [7, 11) is -3.97. The molecule has 0 saturated heterocycles. The van der Waals surface area contributed by atoms with Gasteiger partial charge in [0.05, 0.1) is 4.90 Å². The van der Waals surface area contributed by atoms with E-state index in [-0.39, 0.29) is 28.3 Å². The van der Waals surface area contributed by atoms with Gasteiger partial charge < -0.3 is 9.88 Å². The lowest BCUT2D eigenvalue weighted by Crippen LogP contribution is -2.41. The molecule has 1 aromatic carbocycles. The summed E-state index contributed by atoms with van der Waals surface area (Å²) in [6, 6.07) is 9.65. The Morgan fingerprint density at radius 3 is 2.34 bits per heavy atom. The first kappa shape index (κ1) is 21.3. The predicted molar refractivity (Wildman–Crippen MR) is 112 cm³/mol. The van der Waals surface area contributed by atoms with Crippen molar-refractivity contribution in [3.63, 3.8) is 0 Å². The summed E-state index contributed by atoms with van der Waals surface area (Å²) in [4.78, 5) is 25.5. The van der Waals surface area contributed by atoms with Crippen molar-refractivity contribution in [1.82, 2.24) is 9.88 Å². The van der Waals surface area contributed by atoms with Crippen molar-refractivity contribution < 1.29 is 13.2 Å². The average Bonchev–Trinajstić information content (AvgIpc) is 2.67. The molecule has 7 heteroatoms. The van der Waals surface area contributed by atoms with Crippen LogP contribution in [0.5, 0.6) is 0 Å². The molecule has 3 rings (SSSR count). The number of hydrogen-bond donors (Lipinski definition) is 1. The Balaban J connectivity index is 1.90. The van der Waals surface area contributed by atoms with Crippen LogP contribution < -0.4 is 10.9 Å². The highest BCUT2D eigenvalue weighted by molar-refractivity contribution is 7.91. The molecule has 156 valence electrons. The molecule has 0 spiro atoms. The van der Waals surface area contributed by atoms with E-state index >= 15 is 0 Å². The van der Waals surface area contributed by atoms with E-state index in [1.54, 1.807) is 38.1 Å². The highest BCUT2D eigenvalue weighted by atomic mass is 32.2. The molecule has 1 heterocycles. The van der Waals surface area contributed by atoms with Gasteiger partial charge in [0.15, 0.2) is 0 Å². The quantitative estimate of drug-likeness (QED) is 0.812. The molecule has 29 heavy (non-hydrogen) atoms. The van der Waals surface area contributed by atoms with Crippen molar-refractivity contribution in [2.24, 2.45) is 5.92 Å². The summed E-state index contributed by atoms with van der Waals surface area (Å²) >= 11 is 0. The normalized spacial score (nSPS) is 19.7. The lowest BCUT2D eigenvalue weighted by Gasteiger charge is -2.27. The van der Waals surface area contributed by atoms with Gasteiger partial charge in [-0.05, 0) is 69.2 Å². The molecule has 0 unspecified atom stereocenters. The number of nitrogens with zero attached hydrogens (tertiary/aromatic N) is 1. The topological polar surface area (TPSA) is 85.2 Å². The molecule has 1 aliphatic carbocycles. The molecule has 1 N–H and O–H groups in total. The van der Waals surface area contributed by atoms with Gasteiger partial charge in [-0.3, -0.25) is 9.59 Å². The van der Waals surface area contributed by atoms with Crippen LogP contribution in [0, 0.1) is 19.8 Å². The van der Waals surface area contributed by atoms with E-state index in [4.69, 9.17) is 0 Å².